The molecule has 0 unspecified atom stereocenters. The molecule has 0 amide bonds. The van der Waals surface area contributed by atoms with E-state index >= 15 is 0 Å². The van der Waals surface area contributed by atoms with Crippen LogP contribution in [0.25, 0.3) is 5.76 Å². The molecule has 0 bridgehead atoms. The molecule has 0 fully saturated rings. The van der Waals surface area contributed by atoms with Gasteiger partial charge in [-0.25, -0.2) is 0 Å². The van der Waals surface area contributed by atoms with Gasteiger partial charge in [0.05, 0.1) is 0 Å². The summed E-state index contributed by atoms with van der Waals surface area (Å²) >= 11 is -2.34. The SMILES string of the molecule is C/C=C(/[O][Sn]([CH2]C)([CH2]C)[CH2]C)c1ccccc1. The molecule has 17 heavy (non-hydrogen) atoms. The normalized spacial score (nSPS) is 12.6. The molecule has 1 aromatic rings. The van der Waals surface area contributed by atoms with E-state index in [-0.39, 0.29) is 0 Å². The summed E-state index contributed by atoms with van der Waals surface area (Å²) in [7, 11) is 0. The third kappa shape index (κ3) is 3.77. The summed E-state index contributed by atoms with van der Waals surface area (Å²) in [5.41, 5.74) is 1.21. The van der Waals surface area contributed by atoms with E-state index in [4.69, 9.17) is 3.07 Å². The van der Waals surface area contributed by atoms with Crippen molar-refractivity contribution in [3.63, 3.8) is 0 Å². The van der Waals surface area contributed by atoms with Gasteiger partial charge in [0.25, 0.3) is 0 Å². The number of allylic oxidation sites excluding steroid dienone is 1. The zero-order valence-corrected chi connectivity index (χ0v) is 14.3. The average molecular weight is 339 g/mol. The van der Waals surface area contributed by atoms with Crippen LogP contribution < -0.4 is 0 Å². The first-order valence-electron chi connectivity index (χ1n) is 6.62. The fourth-order valence-electron chi connectivity index (χ4n) is 2.09. The number of hydrogen-bond donors (Lipinski definition) is 0. The first kappa shape index (κ1) is 14.6. The molecule has 94 valence electrons. The number of hydrogen-bond acceptors (Lipinski definition) is 1. The van der Waals surface area contributed by atoms with Gasteiger partial charge in [0.15, 0.2) is 0 Å². The van der Waals surface area contributed by atoms with Crippen LogP contribution in [0.1, 0.15) is 33.3 Å². The Morgan fingerprint density at radius 2 is 1.59 bits per heavy atom. The Morgan fingerprint density at radius 3 is 2.00 bits per heavy atom. The molecule has 2 heteroatoms. The van der Waals surface area contributed by atoms with Crippen LogP contribution in [0.5, 0.6) is 0 Å². The molecular weight excluding hydrogens is 315 g/mol. The van der Waals surface area contributed by atoms with Crippen LogP contribution in [-0.2, 0) is 3.07 Å². The van der Waals surface area contributed by atoms with Crippen LogP contribution in [-0.4, -0.2) is 18.8 Å². The molecule has 0 saturated heterocycles. The first-order valence-corrected chi connectivity index (χ1v) is 13.8. The van der Waals surface area contributed by atoms with E-state index in [0.29, 0.717) is 0 Å². The zero-order chi connectivity index (χ0) is 12.7. The fourth-order valence-corrected chi connectivity index (χ4v) is 9.61. The van der Waals surface area contributed by atoms with Gasteiger partial charge in [0, 0.05) is 0 Å². The molecule has 1 aromatic carbocycles. The molecule has 0 aliphatic heterocycles. The van der Waals surface area contributed by atoms with Crippen LogP contribution >= 0.6 is 0 Å². The van der Waals surface area contributed by atoms with Crippen molar-refractivity contribution in [2.24, 2.45) is 0 Å². The second-order valence-corrected chi connectivity index (χ2v) is 17.8. The average Bonchev–Trinajstić information content (AvgIpc) is 2.42. The van der Waals surface area contributed by atoms with Crippen LogP contribution in [0.15, 0.2) is 36.4 Å². The molecular formula is C15H24OSn. The van der Waals surface area contributed by atoms with Crippen molar-refractivity contribution >= 4 is 24.6 Å². The van der Waals surface area contributed by atoms with E-state index in [2.05, 4.69) is 58.0 Å². The van der Waals surface area contributed by atoms with Crippen molar-refractivity contribution in [1.82, 2.24) is 0 Å². The Labute approximate surface area is 110 Å². The second-order valence-electron chi connectivity index (χ2n) is 4.36. The van der Waals surface area contributed by atoms with E-state index in [9.17, 15) is 0 Å². The Kier molecular flexibility index (Phi) is 6.10. The summed E-state index contributed by atoms with van der Waals surface area (Å²) in [6, 6.07) is 10.5. The molecule has 0 heterocycles. The standard InChI is InChI=1S/C9H10O.3C2H5.Sn/c1-2-9(10)8-6-4-3-5-7-8;3*1-2;/h2-7,10H,1H3;3*1H2,2H3;/q;;;;+1/p-1/b9-2+;;;;. The predicted octanol–water partition coefficient (Wildman–Crippen LogP) is 5.07. The van der Waals surface area contributed by atoms with Crippen molar-refractivity contribution in [3.8, 4) is 0 Å². The van der Waals surface area contributed by atoms with Gasteiger partial charge in [0.2, 0.25) is 0 Å². The monoisotopic (exact) mass is 340 g/mol. The summed E-state index contributed by atoms with van der Waals surface area (Å²) in [6.07, 6.45) is 2.11. The molecule has 0 aliphatic rings. The predicted molar refractivity (Wildman–Crippen MR) is 78.4 cm³/mol. The molecule has 0 spiro atoms. The molecule has 1 nitrogen and oxygen atoms in total. The van der Waals surface area contributed by atoms with E-state index in [0.717, 1.165) is 5.76 Å². The molecule has 0 atom stereocenters. The molecule has 0 aromatic heterocycles. The van der Waals surface area contributed by atoms with Crippen LogP contribution in [0.3, 0.4) is 0 Å². The maximum absolute atomic E-state index is 6.49. The van der Waals surface area contributed by atoms with Crippen molar-refractivity contribution in [3.05, 3.63) is 42.0 Å². The van der Waals surface area contributed by atoms with Gasteiger partial charge in [-0.3, -0.25) is 0 Å². The van der Waals surface area contributed by atoms with Gasteiger partial charge in [-0.1, -0.05) is 0 Å². The Hall–Kier alpha value is -0.441. The van der Waals surface area contributed by atoms with Crippen LogP contribution in [0.4, 0.5) is 0 Å². The van der Waals surface area contributed by atoms with Gasteiger partial charge >= 0.3 is 111 Å². The van der Waals surface area contributed by atoms with Gasteiger partial charge in [0.1, 0.15) is 0 Å². The topological polar surface area (TPSA) is 9.23 Å². The third-order valence-electron chi connectivity index (χ3n) is 3.58. The minimum absolute atomic E-state index is 1.09. The summed E-state index contributed by atoms with van der Waals surface area (Å²) in [6.45, 7) is 8.95. The van der Waals surface area contributed by atoms with Gasteiger partial charge in [-0.05, 0) is 0 Å². The number of benzene rings is 1. The quantitative estimate of drug-likeness (QED) is 0.519. The van der Waals surface area contributed by atoms with E-state index in [1.165, 1.54) is 18.9 Å². The third-order valence-corrected chi connectivity index (χ3v) is 16.5. The molecule has 0 aliphatic carbocycles. The first-order chi connectivity index (χ1) is 8.21. The van der Waals surface area contributed by atoms with Gasteiger partial charge in [-0.2, -0.15) is 0 Å². The van der Waals surface area contributed by atoms with Gasteiger partial charge < -0.3 is 0 Å². The summed E-state index contributed by atoms with van der Waals surface area (Å²) in [5, 5.41) is 0. The summed E-state index contributed by atoms with van der Waals surface area (Å²) in [5.74, 6) is 1.09. The molecule has 1 rings (SSSR count). The fraction of sp³-hybridized carbons (Fsp3) is 0.467. The summed E-state index contributed by atoms with van der Waals surface area (Å²) < 4.78 is 10.3. The summed E-state index contributed by atoms with van der Waals surface area (Å²) in [4.78, 5) is 0. The van der Waals surface area contributed by atoms with Crippen molar-refractivity contribution in [2.75, 3.05) is 0 Å². The minimum atomic E-state index is -2.34. The van der Waals surface area contributed by atoms with Crippen molar-refractivity contribution in [2.45, 2.75) is 41.0 Å². The van der Waals surface area contributed by atoms with E-state index in [1.54, 1.807) is 0 Å². The Morgan fingerprint density at radius 1 is 1.06 bits per heavy atom. The Bertz CT molecular complexity index is 344. The van der Waals surface area contributed by atoms with Crippen molar-refractivity contribution < 1.29 is 3.07 Å². The zero-order valence-electron chi connectivity index (χ0n) is 11.5. The van der Waals surface area contributed by atoms with E-state index in [1.807, 2.05) is 6.07 Å². The molecule has 0 saturated carbocycles. The maximum atomic E-state index is 6.49. The Balaban J connectivity index is 2.91. The molecule has 0 radical (unpaired) electrons. The second kappa shape index (κ2) is 7.10. The van der Waals surface area contributed by atoms with Gasteiger partial charge in [-0.15, -0.1) is 0 Å². The molecule has 0 N–H and O–H groups in total. The number of rotatable bonds is 6. The van der Waals surface area contributed by atoms with Crippen LogP contribution in [0.2, 0.25) is 13.3 Å². The van der Waals surface area contributed by atoms with Crippen LogP contribution in [0, 0.1) is 0 Å². The van der Waals surface area contributed by atoms with Crippen molar-refractivity contribution in [1.29, 1.82) is 0 Å². The van der Waals surface area contributed by atoms with E-state index < -0.39 is 18.8 Å².